The van der Waals surface area contributed by atoms with E-state index in [1.54, 1.807) is 11.8 Å². The van der Waals surface area contributed by atoms with Crippen molar-refractivity contribution in [3.8, 4) is 0 Å². The molecule has 2 heterocycles. The highest BCUT2D eigenvalue weighted by Crippen LogP contribution is 2.54. The minimum Gasteiger partial charge on any atom is -0.315 e. The normalized spacial score (nSPS) is 20.9. The Morgan fingerprint density at radius 3 is 2.71 bits per heavy atom. The van der Waals surface area contributed by atoms with Crippen LogP contribution in [0.3, 0.4) is 0 Å². The Labute approximate surface area is 166 Å². The summed E-state index contributed by atoms with van der Waals surface area (Å²) >= 11 is 1.44. The summed E-state index contributed by atoms with van der Waals surface area (Å²) in [7, 11) is 0. The number of rotatable bonds is 3. The molecule has 4 nitrogen and oxygen atoms in total. The Morgan fingerprint density at radius 1 is 1.21 bits per heavy atom. The average molecular weight is 402 g/mol. The van der Waals surface area contributed by atoms with Crippen LogP contribution < -0.4 is 4.90 Å². The molecule has 0 bridgehead atoms. The number of amides is 2. The van der Waals surface area contributed by atoms with Gasteiger partial charge in [0.1, 0.15) is 11.6 Å². The van der Waals surface area contributed by atoms with Gasteiger partial charge in [0.05, 0.1) is 12.2 Å². The van der Waals surface area contributed by atoms with Gasteiger partial charge in [-0.15, -0.1) is 11.8 Å². The Morgan fingerprint density at radius 2 is 2.00 bits per heavy atom. The third-order valence-electron chi connectivity index (χ3n) is 5.30. The first-order chi connectivity index (χ1) is 13.4. The van der Waals surface area contributed by atoms with Crippen LogP contribution in [0.2, 0.25) is 0 Å². The quantitative estimate of drug-likeness (QED) is 0.780. The molecule has 4 rings (SSSR count). The number of thioether (sulfide) groups is 1. The molecule has 28 heavy (non-hydrogen) atoms. The van der Waals surface area contributed by atoms with E-state index in [2.05, 4.69) is 0 Å². The fraction of sp³-hybridized carbons (Fsp3) is 0.333. The Balaban J connectivity index is 1.82. The first-order valence-electron chi connectivity index (χ1n) is 9.20. The molecular formula is C21H20F2N2O2S. The second-order valence-electron chi connectivity index (χ2n) is 7.04. The first kappa shape index (κ1) is 18.9. The molecule has 146 valence electrons. The number of hydrogen-bond donors (Lipinski definition) is 0. The fourth-order valence-corrected chi connectivity index (χ4v) is 5.42. The SMILES string of the molecule is CCC(=O)N1CCS[C@@]12C(=O)N(Cc1ccc(F)cc1F)c1ccc(C)cc12. The number of carbonyl (C=O) groups is 2. The van der Waals surface area contributed by atoms with Gasteiger partial charge in [0.2, 0.25) is 5.91 Å². The van der Waals surface area contributed by atoms with Gasteiger partial charge in [-0.3, -0.25) is 9.59 Å². The summed E-state index contributed by atoms with van der Waals surface area (Å²) in [6, 6.07) is 9.02. The lowest BCUT2D eigenvalue weighted by Gasteiger charge is -2.33. The topological polar surface area (TPSA) is 40.6 Å². The standard InChI is InChI=1S/C21H20F2N2O2S/c1-3-19(26)25-8-9-28-21(25)16-10-13(2)4-7-18(16)24(20(21)27)12-14-5-6-15(22)11-17(14)23/h4-7,10-11H,3,8-9,12H2,1-2H3/t21-/m0/s1. The van der Waals surface area contributed by atoms with Crippen molar-refractivity contribution < 1.29 is 18.4 Å². The maximum atomic E-state index is 14.3. The van der Waals surface area contributed by atoms with E-state index in [0.717, 1.165) is 17.2 Å². The molecule has 2 amide bonds. The predicted molar refractivity (Wildman–Crippen MR) is 105 cm³/mol. The van der Waals surface area contributed by atoms with Crippen LogP contribution in [0.25, 0.3) is 0 Å². The van der Waals surface area contributed by atoms with Crippen LogP contribution in [0.15, 0.2) is 36.4 Å². The maximum Gasteiger partial charge on any atom is 0.268 e. The van der Waals surface area contributed by atoms with Crippen LogP contribution in [0.5, 0.6) is 0 Å². The number of halogens is 2. The Kier molecular flexibility index (Phi) is 4.65. The lowest BCUT2D eigenvalue weighted by Crippen LogP contribution is -2.50. The van der Waals surface area contributed by atoms with E-state index < -0.39 is 16.5 Å². The van der Waals surface area contributed by atoms with Crippen molar-refractivity contribution in [3.63, 3.8) is 0 Å². The molecule has 0 aliphatic carbocycles. The fourth-order valence-electron chi connectivity index (χ4n) is 3.95. The van der Waals surface area contributed by atoms with Gasteiger partial charge in [-0.25, -0.2) is 8.78 Å². The summed E-state index contributed by atoms with van der Waals surface area (Å²) in [4.78, 5) is 28.3. The lowest BCUT2D eigenvalue weighted by molar-refractivity contribution is -0.139. The van der Waals surface area contributed by atoms with E-state index in [0.29, 0.717) is 24.4 Å². The molecule has 1 atom stereocenters. The smallest absolute Gasteiger partial charge is 0.268 e. The molecule has 1 saturated heterocycles. The van der Waals surface area contributed by atoms with Crippen molar-refractivity contribution >= 4 is 29.3 Å². The van der Waals surface area contributed by atoms with Crippen molar-refractivity contribution in [1.82, 2.24) is 4.90 Å². The maximum absolute atomic E-state index is 14.3. The molecule has 2 aromatic rings. The number of aryl methyl sites for hydroxylation is 1. The van der Waals surface area contributed by atoms with Crippen LogP contribution >= 0.6 is 11.8 Å². The average Bonchev–Trinajstić information content (AvgIpc) is 3.20. The van der Waals surface area contributed by atoms with E-state index >= 15 is 0 Å². The summed E-state index contributed by atoms with van der Waals surface area (Å²) in [6.07, 6.45) is 0.309. The summed E-state index contributed by atoms with van der Waals surface area (Å²) in [5, 5.41) is 0. The van der Waals surface area contributed by atoms with E-state index in [1.807, 2.05) is 25.1 Å². The molecule has 0 radical (unpaired) electrons. The second kappa shape index (κ2) is 6.88. The minimum atomic E-state index is -1.11. The molecule has 0 unspecified atom stereocenters. The largest absolute Gasteiger partial charge is 0.315 e. The highest BCUT2D eigenvalue weighted by atomic mass is 32.2. The van der Waals surface area contributed by atoms with Gasteiger partial charge in [-0.2, -0.15) is 0 Å². The van der Waals surface area contributed by atoms with E-state index in [-0.39, 0.29) is 23.9 Å². The zero-order valence-electron chi connectivity index (χ0n) is 15.7. The van der Waals surface area contributed by atoms with Crippen LogP contribution in [0.1, 0.15) is 30.0 Å². The van der Waals surface area contributed by atoms with Crippen molar-refractivity contribution in [2.45, 2.75) is 31.7 Å². The number of carbonyl (C=O) groups excluding carboxylic acids is 2. The number of benzene rings is 2. The van der Waals surface area contributed by atoms with Gasteiger partial charge in [0.15, 0.2) is 4.87 Å². The number of nitrogens with zero attached hydrogens (tertiary/aromatic N) is 2. The van der Waals surface area contributed by atoms with Gasteiger partial charge >= 0.3 is 0 Å². The van der Waals surface area contributed by atoms with Gasteiger partial charge in [-0.1, -0.05) is 30.7 Å². The van der Waals surface area contributed by atoms with Crippen LogP contribution in [-0.4, -0.2) is 29.0 Å². The summed E-state index contributed by atoms with van der Waals surface area (Å²) in [5.41, 5.74) is 2.65. The highest BCUT2D eigenvalue weighted by Gasteiger charge is 2.59. The molecule has 7 heteroatoms. The lowest BCUT2D eigenvalue weighted by atomic mass is 10.0. The van der Waals surface area contributed by atoms with Crippen molar-refractivity contribution in [2.75, 3.05) is 17.2 Å². The molecule has 1 fully saturated rings. The van der Waals surface area contributed by atoms with Crippen molar-refractivity contribution in [2.24, 2.45) is 0 Å². The molecule has 2 aliphatic rings. The second-order valence-corrected chi connectivity index (χ2v) is 8.33. The monoisotopic (exact) mass is 402 g/mol. The summed E-state index contributed by atoms with van der Waals surface area (Å²) in [6.45, 7) is 4.19. The molecular weight excluding hydrogens is 382 g/mol. The predicted octanol–water partition coefficient (Wildman–Crippen LogP) is 3.96. The molecule has 0 N–H and O–H groups in total. The van der Waals surface area contributed by atoms with Gasteiger partial charge in [-0.05, 0) is 19.1 Å². The zero-order chi connectivity index (χ0) is 20.1. The van der Waals surface area contributed by atoms with E-state index in [1.165, 1.54) is 28.8 Å². The van der Waals surface area contributed by atoms with Crippen LogP contribution in [-0.2, 0) is 21.0 Å². The third-order valence-corrected chi connectivity index (χ3v) is 6.72. The third kappa shape index (κ3) is 2.71. The Hall–Kier alpha value is -2.41. The molecule has 0 saturated carbocycles. The molecule has 2 aromatic carbocycles. The van der Waals surface area contributed by atoms with Gasteiger partial charge < -0.3 is 9.80 Å². The number of anilines is 1. The minimum absolute atomic E-state index is 0.0164. The van der Waals surface area contributed by atoms with E-state index in [4.69, 9.17) is 0 Å². The van der Waals surface area contributed by atoms with Crippen molar-refractivity contribution in [1.29, 1.82) is 0 Å². The molecule has 1 spiro atoms. The van der Waals surface area contributed by atoms with Gasteiger partial charge in [0.25, 0.3) is 5.91 Å². The molecule has 2 aliphatic heterocycles. The number of hydrogen-bond acceptors (Lipinski definition) is 3. The molecule has 0 aromatic heterocycles. The highest BCUT2D eigenvalue weighted by molar-refractivity contribution is 8.01. The van der Waals surface area contributed by atoms with E-state index in [9.17, 15) is 18.4 Å². The first-order valence-corrected chi connectivity index (χ1v) is 10.2. The van der Waals surface area contributed by atoms with Crippen molar-refractivity contribution in [3.05, 3.63) is 64.7 Å². The summed E-state index contributed by atoms with van der Waals surface area (Å²) < 4.78 is 27.5. The van der Waals surface area contributed by atoms with Gasteiger partial charge in [0, 0.05) is 35.9 Å². The Bertz CT molecular complexity index is 981. The van der Waals surface area contributed by atoms with Crippen LogP contribution in [0, 0.1) is 18.6 Å². The zero-order valence-corrected chi connectivity index (χ0v) is 16.5. The summed E-state index contributed by atoms with van der Waals surface area (Å²) in [5.74, 6) is -1.03. The number of fused-ring (bicyclic) bond motifs is 2. The van der Waals surface area contributed by atoms with Crippen LogP contribution in [0.4, 0.5) is 14.5 Å².